The molecule has 0 aliphatic rings. The van der Waals surface area contributed by atoms with Crippen LogP contribution >= 0.6 is 11.8 Å². The first-order valence-electron chi connectivity index (χ1n) is 5.33. The molecule has 98 valence electrons. The third kappa shape index (κ3) is 5.18. The molecular weight excluding hydrogens is 257 g/mol. The lowest BCUT2D eigenvalue weighted by molar-refractivity contribution is -0.133. The third-order valence-corrected chi connectivity index (χ3v) is 3.12. The monoisotopic (exact) mass is 271 g/mol. The summed E-state index contributed by atoms with van der Waals surface area (Å²) in [4.78, 5) is 21.7. The Labute approximate surface area is 109 Å². The van der Waals surface area contributed by atoms with Crippen LogP contribution in [0.5, 0.6) is 0 Å². The summed E-state index contributed by atoms with van der Waals surface area (Å²) in [5, 5.41) is 11.1. The van der Waals surface area contributed by atoms with Crippen molar-refractivity contribution in [2.24, 2.45) is 0 Å². The maximum atomic E-state index is 12.7. The number of nitrogens with one attached hydrogen (secondary N) is 1. The Hall–Kier alpha value is -1.56. The van der Waals surface area contributed by atoms with Crippen LogP contribution in [0.15, 0.2) is 24.3 Å². The fraction of sp³-hybridized carbons (Fsp3) is 0.333. The fourth-order valence-electron chi connectivity index (χ4n) is 1.35. The molecule has 0 bridgehead atoms. The first kappa shape index (κ1) is 14.5. The molecule has 1 atom stereocenters. The highest BCUT2D eigenvalue weighted by atomic mass is 32.2. The minimum Gasteiger partial charge on any atom is -0.481 e. The van der Waals surface area contributed by atoms with Gasteiger partial charge in [-0.1, -0.05) is 12.1 Å². The smallest absolute Gasteiger partial charge is 0.313 e. The summed E-state index contributed by atoms with van der Waals surface area (Å²) >= 11 is 1.04. The fourth-order valence-corrected chi connectivity index (χ4v) is 1.89. The summed E-state index contributed by atoms with van der Waals surface area (Å²) in [7, 11) is 0. The van der Waals surface area contributed by atoms with Gasteiger partial charge in [0.2, 0.25) is 5.91 Å². The molecule has 0 radical (unpaired) electrons. The molecule has 0 saturated carbocycles. The van der Waals surface area contributed by atoms with E-state index in [1.807, 2.05) is 0 Å². The van der Waals surface area contributed by atoms with Crippen molar-refractivity contribution in [3.05, 3.63) is 35.6 Å². The van der Waals surface area contributed by atoms with E-state index in [2.05, 4.69) is 5.32 Å². The number of aliphatic carboxylic acids is 1. The molecule has 1 aromatic carbocycles. The Balaban J connectivity index is 2.39. The van der Waals surface area contributed by atoms with E-state index in [-0.39, 0.29) is 29.3 Å². The molecule has 0 unspecified atom stereocenters. The predicted octanol–water partition coefficient (Wildman–Crippen LogP) is 1.82. The molecule has 1 rings (SSSR count). The van der Waals surface area contributed by atoms with Crippen LogP contribution in [0.1, 0.15) is 18.5 Å². The summed E-state index contributed by atoms with van der Waals surface area (Å²) < 4.78 is 12.7. The van der Waals surface area contributed by atoms with E-state index in [1.165, 1.54) is 12.1 Å². The van der Waals surface area contributed by atoms with Gasteiger partial charge in [0.15, 0.2) is 0 Å². The third-order valence-electron chi connectivity index (χ3n) is 2.21. The second-order valence-corrected chi connectivity index (χ2v) is 4.71. The summed E-state index contributed by atoms with van der Waals surface area (Å²) in [5.74, 6) is -1.51. The van der Waals surface area contributed by atoms with Crippen molar-refractivity contribution in [2.75, 3.05) is 11.5 Å². The number of thioether (sulfide) groups is 1. The highest BCUT2D eigenvalue weighted by Crippen LogP contribution is 2.13. The second kappa shape index (κ2) is 7.00. The summed E-state index contributed by atoms with van der Waals surface area (Å²) in [6.45, 7) is 1.78. The SMILES string of the molecule is C[C@@H](NC(=O)CSCC(=O)O)c1ccc(F)cc1. The Kier molecular flexibility index (Phi) is 5.64. The molecule has 0 fully saturated rings. The molecule has 1 amide bonds. The van der Waals surface area contributed by atoms with E-state index >= 15 is 0 Å². The maximum Gasteiger partial charge on any atom is 0.313 e. The Bertz CT molecular complexity index is 422. The summed E-state index contributed by atoms with van der Waals surface area (Å²) in [6, 6.07) is 5.63. The Morgan fingerprint density at radius 2 is 1.94 bits per heavy atom. The summed E-state index contributed by atoms with van der Waals surface area (Å²) in [5.41, 5.74) is 0.799. The van der Waals surface area contributed by atoms with Gasteiger partial charge in [-0.3, -0.25) is 9.59 Å². The number of hydrogen-bond acceptors (Lipinski definition) is 3. The number of benzene rings is 1. The molecule has 0 saturated heterocycles. The zero-order chi connectivity index (χ0) is 13.5. The van der Waals surface area contributed by atoms with E-state index in [1.54, 1.807) is 19.1 Å². The number of rotatable bonds is 6. The molecule has 4 nitrogen and oxygen atoms in total. The first-order chi connectivity index (χ1) is 8.49. The van der Waals surface area contributed by atoms with Crippen molar-refractivity contribution in [1.29, 1.82) is 0 Å². The standard InChI is InChI=1S/C12H14FNO3S/c1-8(9-2-4-10(13)5-3-9)14-11(15)6-18-7-12(16)17/h2-5,8H,6-7H2,1H3,(H,14,15)(H,16,17)/t8-/m1/s1. The second-order valence-electron chi connectivity index (χ2n) is 3.73. The van der Waals surface area contributed by atoms with Gasteiger partial charge in [0.05, 0.1) is 17.5 Å². The molecule has 0 aliphatic carbocycles. The minimum atomic E-state index is -0.945. The van der Waals surface area contributed by atoms with Crippen molar-refractivity contribution in [1.82, 2.24) is 5.32 Å². The average Bonchev–Trinajstić information content (AvgIpc) is 2.29. The maximum absolute atomic E-state index is 12.7. The highest BCUT2D eigenvalue weighted by molar-refractivity contribution is 8.00. The van der Waals surface area contributed by atoms with Crippen LogP contribution < -0.4 is 5.32 Å². The lowest BCUT2D eigenvalue weighted by atomic mass is 10.1. The van der Waals surface area contributed by atoms with Crippen LogP contribution in [0.4, 0.5) is 4.39 Å². The molecule has 18 heavy (non-hydrogen) atoms. The van der Waals surface area contributed by atoms with Crippen molar-refractivity contribution in [3.63, 3.8) is 0 Å². The van der Waals surface area contributed by atoms with Crippen molar-refractivity contribution >= 4 is 23.6 Å². The van der Waals surface area contributed by atoms with Crippen LogP contribution in [0.25, 0.3) is 0 Å². The van der Waals surface area contributed by atoms with Gasteiger partial charge in [0.25, 0.3) is 0 Å². The molecule has 6 heteroatoms. The Morgan fingerprint density at radius 1 is 1.33 bits per heavy atom. The van der Waals surface area contributed by atoms with Gasteiger partial charge in [-0.2, -0.15) is 0 Å². The number of hydrogen-bond donors (Lipinski definition) is 2. The molecular formula is C12H14FNO3S. The van der Waals surface area contributed by atoms with Gasteiger partial charge >= 0.3 is 5.97 Å². The highest BCUT2D eigenvalue weighted by Gasteiger charge is 2.10. The number of carbonyl (C=O) groups is 2. The van der Waals surface area contributed by atoms with Gasteiger partial charge in [0.1, 0.15) is 5.82 Å². The van der Waals surface area contributed by atoms with E-state index in [0.717, 1.165) is 17.3 Å². The zero-order valence-electron chi connectivity index (χ0n) is 9.85. The van der Waals surface area contributed by atoms with E-state index in [4.69, 9.17) is 5.11 Å². The first-order valence-corrected chi connectivity index (χ1v) is 6.49. The number of amides is 1. The molecule has 2 N–H and O–H groups in total. The quantitative estimate of drug-likeness (QED) is 0.828. The van der Waals surface area contributed by atoms with E-state index in [0.29, 0.717) is 0 Å². The van der Waals surface area contributed by atoms with Crippen LogP contribution in [0.2, 0.25) is 0 Å². The van der Waals surface area contributed by atoms with Crippen LogP contribution in [0.3, 0.4) is 0 Å². The zero-order valence-corrected chi connectivity index (χ0v) is 10.7. The molecule has 0 spiro atoms. The van der Waals surface area contributed by atoms with E-state index in [9.17, 15) is 14.0 Å². The topological polar surface area (TPSA) is 66.4 Å². The molecule has 0 aliphatic heterocycles. The van der Waals surface area contributed by atoms with Gasteiger partial charge in [0, 0.05) is 0 Å². The lowest BCUT2D eigenvalue weighted by Gasteiger charge is -2.13. The van der Waals surface area contributed by atoms with Crippen LogP contribution in [-0.4, -0.2) is 28.5 Å². The van der Waals surface area contributed by atoms with Gasteiger partial charge in [-0.05, 0) is 24.6 Å². The van der Waals surface area contributed by atoms with Gasteiger partial charge in [-0.15, -0.1) is 11.8 Å². The largest absolute Gasteiger partial charge is 0.481 e. The Morgan fingerprint density at radius 3 is 2.50 bits per heavy atom. The van der Waals surface area contributed by atoms with E-state index < -0.39 is 5.97 Å². The number of carbonyl (C=O) groups excluding carboxylic acids is 1. The van der Waals surface area contributed by atoms with Crippen molar-refractivity contribution < 1.29 is 19.1 Å². The van der Waals surface area contributed by atoms with Crippen LogP contribution in [0, 0.1) is 5.82 Å². The number of carboxylic acid groups (broad SMARTS) is 1. The average molecular weight is 271 g/mol. The normalized spacial score (nSPS) is 11.9. The van der Waals surface area contributed by atoms with Crippen LogP contribution in [-0.2, 0) is 9.59 Å². The number of carboxylic acids is 1. The molecule has 0 aromatic heterocycles. The number of halogens is 1. The lowest BCUT2D eigenvalue weighted by Crippen LogP contribution is -2.28. The molecule has 1 aromatic rings. The van der Waals surface area contributed by atoms with Crippen molar-refractivity contribution in [3.8, 4) is 0 Å². The van der Waals surface area contributed by atoms with Gasteiger partial charge in [-0.25, -0.2) is 4.39 Å². The van der Waals surface area contributed by atoms with Gasteiger partial charge < -0.3 is 10.4 Å². The summed E-state index contributed by atoms with van der Waals surface area (Å²) in [6.07, 6.45) is 0. The predicted molar refractivity (Wildman–Crippen MR) is 67.9 cm³/mol. The molecule has 0 heterocycles. The minimum absolute atomic E-state index is 0.0951. The van der Waals surface area contributed by atoms with Crippen molar-refractivity contribution in [2.45, 2.75) is 13.0 Å².